The Morgan fingerprint density at radius 2 is 1.91 bits per heavy atom. The second kappa shape index (κ2) is 10.3. The van der Waals surface area contributed by atoms with Crippen LogP contribution in [0.4, 0.5) is 24.7 Å². The van der Waals surface area contributed by atoms with Gasteiger partial charge in [0.15, 0.2) is 6.10 Å². The van der Waals surface area contributed by atoms with Crippen LogP contribution in [0.25, 0.3) is 0 Å². The number of methoxy groups -OCH3 is 1. The molecule has 0 saturated carbocycles. The monoisotopic (exact) mass is 485 g/mol. The van der Waals surface area contributed by atoms with E-state index in [0.29, 0.717) is 48.2 Å². The highest BCUT2D eigenvalue weighted by Gasteiger charge is 2.32. The highest BCUT2D eigenvalue weighted by Crippen LogP contribution is 2.31. The van der Waals surface area contributed by atoms with E-state index in [1.165, 1.54) is 26.2 Å². The van der Waals surface area contributed by atoms with Crippen molar-refractivity contribution in [2.24, 2.45) is 5.92 Å². The number of alkyl halides is 3. The molecule has 1 amide bonds. The molecule has 0 aliphatic carbocycles. The van der Waals surface area contributed by atoms with Crippen LogP contribution in [0.15, 0.2) is 36.5 Å². The first-order valence-electron chi connectivity index (χ1n) is 10.2. The SMILES string of the molecule is COc1ccc(Cl)cc1NC(=O)[C@H](C)OC(=O)C1CCN(c2ccc(C(F)(F)F)cn2)CC1. The first-order valence-corrected chi connectivity index (χ1v) is 10.6. The van der Waals surface area contributed by atoms with Crippen molar-refractivity contribution in [3.8, 4) is 5.75 Å². The van der Waals surface area contributed by atoms with Crippen molar-refractivity contribution >= 4 is 35.0 Å². The zero-order valence-electron chi connectivity index (χ0n) is 18.0. The van der Waals surface area contributed by atoms with Crippen LogP contribution in [-0.2, 0) is 20.5 Å². The quantitative estimate of drug-likeness (QED) is 0.605. The van der Waals surface area contributed by atoms with Gasteiger partial charge < -0.3 is 19.7 Å². The number of nitrogens with zero attached hydrogens (tertiary/aromatic N) is 2. The first kappa shape index (κ1) is 24.6. The van der Waals surface area contributed by atoms with Crippen LogP contribution in [0.5, 0.6) is 5.75 Å². The summed E-state index contributed by atoms with van der Waals surface area (Å²) < 4.78 is 48.6. The van der Waals surface area contributed by atoms with E-state index >= 15 is 0 Å². The molecule has 33 heavy (non-hydrogen) atoms. The number of carbonyl (C=O) groups is 2. The topological polar surface area (TPSA) is 80.8 Å². The minimum atomic E-state index is -4.44. The number of esters is 1. The molecule has 178 valence electrons. The average Bonchev–Trinajstić information content (AvgIpc) is 2.78. The van der Waals surface area contributed by atoms with Crippen molar-refractivity contribution in [3.05, 3.63) is 47.1 Å². The fourth-order valence-corrected chi connectivity index (χ4v) is 3.59. The van der Waals surface area contributed by atoms with Gasteiger partial charge in [-0.3, -0.25) is 9.59 Å². The smallest absolute Gasteiger partial charge is 0.417 e. The summed E-state index contributed by atoms with van der Waals surface area (Å²) >= 11 is 5.96. The summed E-state index contributed by atoms with van der Waals surface area (Å²) in [5, 5.41) is 3.04. The minimum absolute atomic E-state index is 0.357. The van der Waals surface area contributed by atoms with Crippen molar-refractivity contribution < 1.29 is 32.2 Å². The van der Waals surface area contributed by atoms with E-state index in [4.69, 9.17) is 21.1 Å². The molecule has 2 heterocycles. The molecule has 2 aromatic rings. The maximum atomic E-state index is 12.7. The number of hydrogen-bond donors (Lipinski definition) is 1. The lowest BCUT2D eigenvalue weighted by atomic mass is 9.97. The van der Waals surface area contributed by atoms with E-state index in [1.54, 1.807) is 12.1 Å². The van der Waals surface area contributed by atoms with Crippen molar-refractivity contribution in [1.29, 1.82) is 0 Å². The summed E-state index contributed by atoms with van der Waals surface area (Å²) in [5.74, 6) is -0.633. The van der Waals surface area contributed by atoms with Gasteiger partial charge in [0.25, 0.3) is 5.91 Å². The van der Waals surface area contributed by atoms with Gasteiger partial charge in [0.1, 0.15) is 11.6 Å². The number of carbonyl (C=O) groups excluding carboxylic acids is 2. The van der Waals surface area contributed by atoms with Crippen LogP contribution >= 0.6 is 11.6 Å². The van der Waals surface area contributed by atoms with Crippen LogP contribution in [-0.4, -0.2) is 43.2 Å². The Labute approximate surface area is 193 Å². The highest BCUT2D eigenvalue weighted by molar-refractivity contribution is 6.31. The molecule has 1 saturated heterocycles. The zero-order valence-corrected chi connectivity index (χ0v) is 18.7. The number of piperidine rings is 1. The van der Waals surface area contributed by atoms with Gasteiger partial charge in [-0.1, -0.05) is 11.6 Å². The average molecular weight is 486 g/mol. The van der Waals surface area contributed by atoms with Gasteiger partial charge in [0.2, 0.25) is 0 Å². The number of anilines is 2. The molecule has 1 fully saturated rings. The number of pyridine rings is 1. The Bertz CT molecular complexity index is 993. The number of aromatic nitrogens is 1. The molecule has 0 bridgehead atoms. The zero-order chi connectivity index (χ0) is 24.2. The molecule has 1 aromatic heterocycles. The van der Waals surface area contributed by atoms with Crippen LogP contribution in [0.1, 0.15) is 25.3 Å². The summed E-state index contributed by atoms with van der Waals surface area (Å²) in [6.07, 6.45) is -3.83. The molecule has 0 unspecified atom stereocenters. The van der Waals surface area contributed by atoms with E-state index in [2.05, 4.69) is 10.3 Å². The largest absolute Gasteiger partial charge is 0.495 e. The van der Waals surface area contributed by atoms with Gasteiger partial charge in [-0.15, -0.1) is 0 Å². The summed E-state index contributed by atoms with van der Waals surface area (Å²) in [4.78, 5) is 30.7. The number of rotatable bonds is 6. The maximum absolute atomic E-state index is 12.7. The predicted molar refractivity (Wildman–Crippen MR) is 116 cm³/mol. The number of nitrogens with one attached hydrogen (secondary N) is 1. The van der Waals surface area contributed by atoms with Crippen LogP contribution in [0, 0.1) is 5.92 Å². The van der Waals surface area contributed by atoms with E-state index in [0.717, 1.165) is 12.3 Å². The molecule has 1 aliphatic heterocycles. The third-order valence-electron chi connectivity index (χ3n) is 5.31. The normalized spacial score (nSPS) is 15.6. The number of amides is 1. The number of benzene rings is 1. The van der Waals surface area contributed by atoms with Gasteiger partial charge in [-0.2, -0.15) is 13.2 Å². The van der Waals surface area contributed by atoms with Crippen LogP contribution in [0.3, 0.4) is 0 Å². The van der Waals surface area contributed by atoms with Crippen LogP contribution < -0.4 is 15.0 Å². The second-order valence-corrected chi connectivity index (χ2v) is 8.01. The van der Waals surface area contributed by atoms with Crippen molar-refractivity contribution in [2.75, 3.05) is 30.4 Å². The molecule has 0 spiro atoms. The van der Waals surface area contributed by atoms with Gasteiger partial charge in [-0.05, 0) is 50.1 Å². The molecule has 11 heteroatoms. The standard InChI is InChI=1S/C22H23ClF3N3O4/c1-13(20(30)28-17-11-16(23)4-5-18(17)32-2)33-21(31)14-7-9-29(10-8-14)19-6-3-15(12-27-19)22(24,25)26/h3-6,11-14H,7-10H2,1-2H3,(H,28,30)/t13-/m0/s1. The Hall–Kier alpha value is -3.01. The predicted octanol–water partition coefficient (Wildman–Crippen LogP) is 4.55. The second-order valence-electron chi connectivity index (χ2n) is 7.58. The number of ether oxygens (including phenoxy) is 2. The lowest BCUT2D eigenvalue weighted by molar-refractivity contribution is -0.158. The fourth-order valence-electron chi connectivity index (χ4n) is 3.42. The molecule has 7 nitrogen and oxygen atoms in total. The molecule has 1 aromatic carbocycles. The molecule has 1 aliphatic rings. The van der Waals surface area contributed by atoms with E-state index in [9.17, 15) is 22.8 Å². The van der Waals surface area contributed by atoms with E-state index in [-0.39, 0.29) is 0 Å². The Kier molecular flexibility index (Phi) is 7.68. The first-order chi connectivity index (χ1) is 15.6. The van der Waals surface area contributed by atoms with Gasteiger partial charge in [0.05, 0.1) is 24.3 Å². The lowest BCUT2D eigenvalue weighted by Crippen LogP contribution is -2.39. The Balaban J connectivity index is 1.51. The summed E-state index contributed by atoms with van der Waals surface area (Å²) in [6, 6.07) is 7.05. The maximum Gasteiger partial charge on any atom is 0.417 e. The number of halogens is 4. The van der Waals surface area contributed by atoms with Crippen molar-refractivity contribution in [3.63, 3.8) is 0 Å². The molecule has 0 radical (unpaired) electrons. The molecule has 1 atom stereocenters. The summed E-state index contributed by atoms with van der Waals surface area (Å²) in [5.41, 5.74) is -0.456. The Morgan fingerprint density at radius 3 is 2.48 bits per heavy atom. The van der Waals surface area contributed by atoms with Crippen LogP contribution in [0.2, 0.25) is 5.02 Å². The van der Waals surface area contributed by atoms with E-state index in [1.807, 2.05) is 4.90 Å². The lowest BCUT2D eigenvalue weighted by Gasteiger charge is -2.32. The third-order valence-corrected chi connectivity index (χ3v) is 5.54. The number of hydrogen-bond acceptors (Lipinski definition) is 6. The van der Waals surface area contributed by atoms with Crippen molar-refractivity contribution in [1.82, 2.24) is 4.98 Å². The summed E-state index contributed by atoms with van der Waals surface area (Å²) in [7, 11) is 1.45. The molecular weight excluding hydrogens is 463 g/mol. The molecule has 1 N–H and O–H groups in total. The highest BCUT2D eigenvalue weighted by atomic mass is 35.5. The van der Waals surface area contributed by atoms with Crippen molar-refractivity contribution in [2.45, 2.75) is 32.0 Å². The summed E-state index contributed by atoms with van der Waals surface area (Å²) in [6.45, 7) is 2.32. The molecule has 3 rings (SSSR count). The molecular formula is C22H23ClF3N3O4. The minimum Gasteiger partial charge on any atom is -0.495 e. The van der Waals surface area contributed by atoms with Gasteiger partial charge in [0, 0.05) is 24.3 Å². The Morgan fingerprint density at radius 1 is 1.21 bits per heavy atom. The third kappa shape index (κ3) is 6.28. The van der Waals surface area contributed by atoms with E-state index < -0.39 is 35.6 Å². The fraction of sp³-hybridized carbons (Fsp3) is 0.409. The van der Waals surface area contributed by atoms with Gasteiger partial charge in [-0.25, -0.2) is 4.98 Å². The van der Waals surface area contributed by atoms with Gasteiger partial charge >= 0.3 is 12.1 Å².